The first-order chi connectivity index (χ1) is 8.96. The fourth-order valence-corrected chi connectivity index (χ4v) is 3.01. The lowest BCUT2D eigenvalue weighted by atomic mass is 9.99. The maximum Gasteiger partial charge on any atom is 0.148 e. The van der Waals surface area contributed by atoms with Crippen molar-refractivity contribution in [2.75, 3.05) is 43.9 Å². The zero-order valence-corrected chi connectivity index (χ0v) is 12.1. The van der Waals surface area contributed by atoms with Gasteiger partial charge in [-0.15, -0.1) is 0 Å². The van der Waals surface area contributed by atoms with E-state index in [2.05, 4.69) is 36.8 Å². The van der Waals surface area contributed by atoms with Crippen LogP contribution in [0.15, 0.2) is 12.1 Å². The first-order valence-corrected chi connectivity index (χ1v) is 7.00. The molecular formula is C15H23N3O. The lowest BCUT2D eigenvalue weighted by Crippen LogP contribution is -2.44. The number of ether oxygens (including phenoxy) is 1. The van der Waals surface area contributed by atoms with Crippen LogP contribution >= 0.6 is 0 Å². The third kappa shape index (κ3) is 2.25. The lowest BCUT2D eigenvalue weighted by Gasteiger charge is -2.35. The fraction of sp³-hybridized carbons (Fsp3) is 0.600. The molecule has 2 N–H and O–H groups in total. The van der Waals surface area contributed by atoms with Gasteiger partial charge in [-0.1, -0.05) is 0 Å². The molecule has 0 atom stereocenters. The van der Waals surface area contributed by atoms with Crippen molar-refractivity contribution in [3.8, 4) is 5.75 Å². The fourth-order valence-electron chi connectivity index (χ4n) is 3.01. The van der Waals surface area contributed by atoms with Crippen molar-refractivity contribution in [1.29, 1.82) is 0 Å². The van der Waals surface area contributed by atoms with Gasteiger partial charge in [-0.05, 0) is 33.0 Å². The van der Waals surface area contributed by atoms with Crippen LogP contribution in [-0.2, 0) is 6.42 Å². The summed E-state index contributed by atoms with van der Waals surface area (Å²) in [4.78, 5) is 4.83. The maximum atomic E-state index is 6.06. The van der Waals surface area contributed by atoms with E-state index in [0.29, 0.717) is 0 Å². The molecule has 0 spiro atoms. The van der Waals surface area contributed by atoms with Crippen LogP contribution in [0.5, 0.6) is 5.75 Å². The Kier molecular flexibility index (Phi) is 2.86. The summed E-state index contributed by atoms with van der Waals surface area (Å²) in [5.74, 6) is 0.904. The quantitative estimate of drug-likeness (QED) is 0.782. The minimum Gasteiger partial charge on any atom is -0.485 e. The van der Waals surface area contributed by atoms with Gasteiger partial charge in [-0.3, -0.25) is 0 Å². The van der Waals surface area contributed by atoms with Crippen LogP contribution in [0.4, 0.5) is 11.4 Å². The highest BCUT2D eigenvalue weighted by Crippen LogP contribution is 2.44. The summed E-state index contributed by atoms with van der Waals surface area (Å²) in [7, 11) is 2.18. The van der Waals surface area contributed by atoms with Crippen molar-refractivity contribution in [3.05, 3.63) is 17.7 Å². The van der Waals surface area contributed by atoms with Crippen molar-refractivity contribution < 1.29 is 4.74 Å². The average Bonchev–Trinajstić information content (AvgIpc) is 2.68. The Morgan fingerprint density at radius 3 is 2.53 bits per heavy atom. The molecule has 0 unspecified atom stereocenters. The van der Waals surface area contributed by atoms with Crippen molar-refractivity contribution in [3.63, 3.8) is 0 Å². The van der Waals surface area contributed by atoms with Gasteiger partial charge in [0, 0.05) is 43.9 Å². The molecule has 1 aromatic carbocycles. The van der Waals surface area contributed by atoms with Gasteiger partial charge < -0.3 is 20.3 Å². The Bertz CT molecular complexity index is 490. The second kappa shape index (κ2) is 4.30. The Balaban J connectivity index is 1.94. The number of anilines is 2. The van der Waals surface area contributed by atoms with Crippen LogP contribution in [0, 0.1) is 0 Å². The van der Waals surface area contributed by atoms with Gasteiger partial charge in [0.1, 0.15) is 11.4 Å². The van der Waals surface area contributed by atoms with Gasteiger partial charge in [-0.25, -0.2) is 0 Å². The topological polar surface area (TPSA) is 41.7 Å². The van der Waals surface area contributed by atoms with Crippen LogP contribution in [0.25, 0.3) is 0 Å². The number of nitrogens with zero attached hydrogens (tertiary/aromatic N) is 2. The molecule has 3 rings (SSSR count). The third-order valence-electron chi connectivity index (χ3n) is 4.09. The smallest absolute Gasteiger partial charge is 0.148 e. The molecule has 2 aliphatic heterocycles. The van der Waals surface area contributed by atoms with E-state index in [0.717, 1.165) is 44.0 Å². The van der Waals surface area contributed by atoms with Gasteiger partial charge in [0.25, 0.3) is 0 Å². The SMILES string of the molecule is CN1CCN(c2ccc(N)c3c2CC(C)(C)O3)CC1. The normalized spacial score (nSPS) is 22.2. The van der Waals surface area contributed by atoms with Crippen molar-refractivity contribution in [2.24, 2.45) is 0 Å². The average molecular weight is 261 g/mol. The van der Waals surface area contributed by atoms with Gasteiger partial charge in [0.2, 0.25) is 0 Å². The van der Waals surface area contributed by atoms with E-state index in [4.69, 9.17) is 10.5 Å². The Morgan fingerprint density at radius 1 is 1.16 bits per heavy atom. The van der Waals surface area contributed by atoms with E-state index in [1.54, 1.807) is 0 Å². The van der Waals surface area contributed by atoms with E-state index in [1.807, 2.05) is 6.07 Å². The molecule has 4 nitrogen and oxygen atoms in total. The number of nitrogens with two attached hydrogens (primary N) is 1. The highest BCUT2D eigenvalue weighted by Gasteiger charge is 2.34. The predicted octanol–water partition coefficient (Wildman–Crippen LogP) is 1.73. The van der Waals surface area contributed by atoms with Gasteiger partial charge >= 0.3 is 0 Å². The molecule has 2 heterocycles. The number of rotatable bonds is 1. The second-order valence-electron chi connectivity index (χ2n) is 6.31. The molecule has 1 fully saturated rings. The van der Waals surface area contributed by atoms with Gasteiger partial charge in [0.05, 0.1) is 5.69 Å². The summed E-state index contributed by atoms with van der Waals surface area (Å²) in [6, 6.07) is 4.14. The van der Waals surface area contributed by atoms with Gasteiger partial charge in [0.15, 0.2) is 0 Å². The summed E-state index contributed by atoms with van der Waals surface area (Å²) < 4.78 is 6.02. The second-order valence-corrected chi connectivity index (χ2v) is 6.31. The maximum absolute atomic E-state index is 6.06. The molecule has 1 saturated heterocycles. The number of hydrogen-bond acceptors (Lipinski definition) is 4. The van der Waals surface area contributed by atoms with Crippen LogP contribution in [-0.4, -0.2) is 43.7 Å². The van der Waals surface area contributed by atoms with E-state index >= 15 is 0 Å². The summed E-state index contributed by atoms with van der Waals surface area (Å²) in [6.45, 7) is 8.63. The van der Waals surface area contributed by atoms with Crippen molar-refractivity contribution in [1.82, 2.24) is 4.90 Å². The number of benzene rings is 1. The Hall–Kier alpha value is -1.42. The molecule has 0 aliphatic carbocycles. The highest BCUT2D eigenvalue weighted by molar-refractivity contribution is 5.71. The Labute approximate surface area is 115 Å². The van der Waals surface area contributed by atoms with Crippen LogP contribution in [0.2, 0.25) is 0 Å². The molecular weight excluding hydrogens is 238 g/mol. The minimum atomic E-state index is -0.140. The largest absolute Gasteiger partial charge is 0.485 e. The zero-order valence-electron chi connectivity index (χ0n) is 12.1. The van der Waals surface area contributed by atoms with Crippen molar-refractivity contribution >= 4 is 11.4 Å². The van der Waals surface area contributed by atoms with E-state index in [1.165, 1.54) is 11.3 Å². The standard InChI is InChI=1S/C15H23N3O/c1-15(2)10-11-13(5-4-12(16)14(11)19-15)18-8-6-17(3)7-9-18/h4-5H,6-10,16H2,1-3H3. The van der Waals surface area contributed by atoms with E-state index in [9.17, 15) is 0 Å². The first kappa shape index (κ1) is 12.6. The summed E-state index contributed by atoms with van der Waals surface area (Å²) in [5, 5.41) is 0. The molecule has 19 heavy (non-hydrogen) atoms. The summed E-state index contributed by atoms with van der Waals surface area (Å²) in [5.41, 5.74) is 9.28. The number of fused-ring (bicyclic) bond motifs is 1. The lowest BCUT2D eigenvalue weighted by molar-refractivity contribution is 0.139. The molecule has 0 bridgehead atoms. The highest BCUT2D eigenvalue weighted by atomic mass is 16.5. The van der Waals surface area contributed by atoms with Crippen molar-refractivity contribution in [2.45, 2.75) is 25.9 Å². The van der Waals surface area contributed by atoms with Gasteiger partial charge in [-0.2, -0.15) is 0 Å². The number of hydrogen-bond donors (Lipinski definition) is 1. The molecule has 0 radical (unpaired) electrons. The first-order valence-electron chi connectivity index (χ1n) is 7.00. The van der Waals surface area contributed by atoms with Crippen LogP contribution in [0.3, 0.4) is 0 Å². The summed E-state index contributed by atoms with van der Waals surface area (Å²) >= 11 is 0. The monoisotopic (exact) mass is 261 g/mol. The molecule has 0 saturated carbocycles. The predicted molar refractivity (Wildman–Crippen MR) is 79.0 cm³/mol. The molecule has 0 aromatic heterocycles. The van der Waals surface area contributed by atoms with Crippen LogP contribution in [0.1, 0.15) is 19.4 Å². The molecule has 104 valence electrons. The Morgan fingerprint density at radius 2 is 1.84 bits per heavy atom. The van der Waals surface area contributed by atoms with E-state index < -0.39 is 0 Å². The molecule has 1 aromatic rings. The minimum absolute atomic E-state index is 0.140. The number of piperazine rings is 1. The summed E-state index contributed by atoms with van der Waals surface area (Å²) in [6.07, 6.45) is 0.940. The van der Waals surface area contributed by atoms with Crippen LogP contribution < -0.4 is 15.4 Å². The molecule has 2 aliphatic rings. The zero-order chi connectivity index (χ0) is 13.6. The third-order valence-corrected chi connectivity index (χ3v) is 4.09. The molecule has 0 amide bonds. The number of nitrogen functional groups attached to an aromatic ring is 1. The number of likely N-dealkylation sites (N-methyl/N-ethyl adjacent to an activating group) is 1. The van der Waals surface area contributed by atoms with E-state index in [-0.39, 0.29) is 5.60 Å². The molecule has 4 heteroatoms.